The molecule has 48 valence electrons. The summed E-state index contributed by atoms with van der Waals surface area (Å²) in [5.41, 5.74) is 0. The second kappa shape index (κ2) is 27.5. The van der Waals surface area contributed by atoms with E-state index in [1.54, 1.807) is 0 Å². The molecule has 0 aliphatic rings. The van der Waals surface area contributed by atoms with Crippen LogP contribution < -0.4 is 18.6 Å². The van der Waals surface area contributed by atoms with Crippen LogP contribution in [0.5, 0.6) is 0 Å². The fourth-order valence-electron chi connectivity index (χ4n) is 0. The molecule has 7 heavy (non-hydrogen) atoms. The van der Waals surface area contributed by atoms with E-state index in [9.17, 15) is 0 Å². The predicted octanol–water partition coefficient (Wildman–Crippen LogP) is -4.76. The van der Waals surface area contributed by atoms with E-state index in [1.807, 2.05) is 0 Å². The summed E-state index contributed by atoms with van der Waals surface area (Å²) in [6.45, 7) is 0. The first-order chi connectivity index (χ1) is 2.83. The third-order valence-corrected chi connectivity index (χ3v) is 0. The minimum Gasteiger partial charge on any atom is -0.544 e. The van der Waals surface area contributed by atoms with Crippen LogP contribution >= 0.6 is 0 Å². The average Bonchev–Trinajstić information content (AvgIpc) is 1.39. The molecule has 0 aliphatic carbocycles. The van der Waals surface area contributed by atoms with Gasteiger partial charge in [0.05, 0.1) is 22.7 Å². The van der Waals surface area contributed by atoms with Gasteiger partial charge in [0.2, 0.25) is 0 Å². The van der Waals surface area contributed by atoms with Crippen LogP contribution in [-0.2, 0) is 21.1 Å². The summed E-state index contributed by atoms with van der Waals surface area (Å²) < 4.78 is 32.9. The monoisotopic (exact) mass is 329 g/mol. The third-order valence-electron chi connectivity index (χ3n) is 0. The Morgan fingerprint density at radius 2 is 0.714 bits per heavy atom. The van der Waals surface area contributed by atoms with Crippen molar-refractivity contribution >= 4 is 0 Å². The molecule has 0 fully saturated rings. The fourth-order valence-corrected chi connectivity index (χ4v) is 0. The van der Waals surface area contributed by atoms with Crippen LogP contribution in [0.25, 0.3) is 0 Å². The van der Waals surface area contributed by atoms with Crippen LogP contribution in [0.2, 0.25) is 0 Å². The van der Waals surface area contributed by atoms with Gasteiger partial charge in [-0.3, -0.25) is 0 Å². The molecular formula is Cl2O4Pt. The van der Waals surface area contributed by atoms with Gasteiger partial charge in [-0.25, -0.2) is 0 Å². The van der Waals surface area contributed by atoms with E-state index >= 15 is 0 Å². The molecule has 0 aromatic heterocycles. The number of halogens is 2. The largest absolute Gasteiger partial charge is 2.00 e. The van der Waals surface area contributed by atoms with Gasteiger partial charge in [0.1, 0.15) is 0 Å². The maximum atomic E-state index is 8.24. The molecule has 0 rings (SSSR count). The molecular weight excluding hydrogens is 330 g/mol. The van der Waals surface area contributed by atoms with Crippen LogP contribution in [0.3, 0.4) is 0 Å². The van der Waals surface area contributed by atoms with E-state index in [4.69, 9.17) is 18.6 Å². The van der Waals surface area contributed by atoms with Gasteiger partial charge < -0.3 is 18.6 Å². The number of rotatable bonds is 0. The Hall–Kier alpha value is 1.11. The number of hydrogen-bond acceptors (Lipinski definition) is 4. The van der Waals surface area contributed by atoms with Crippen molar-refractivity contribution in [2.75, 3.05) is 0 Å². The van der Waals surface area contributed by atoms with Crippen molar-refractivity contribution < 1.29 is 62.4 Å². The predicted molar refractivity (Wildman–Crippen MR) is 0 cm³/mol. The topological polar surface area (TPSA) is 92.2 Å². The van der Waals surface area contributed by atoms with E-state index in [-0.39, 0.29) is 21.1 Å². The first kappa shape index (κ1) is 15.7. The summed E-state index contributed by atoms with van der Waals surface area (Å²) in [6, 6.07) is 0. The van der Waals surface area contributed by atoms with E-state index in [0.29, 0.717) is 0 Å². The normalized spacial score (nSPS) is 5.14. The Labute approximate surface area is 62.6 Å². The molecule has 4 nitrogen and oxygen atoms in total. The Balaban J connectivity index is -0.0000000400. The van der Waals surface area contributed by atoms with Gasteiger partial charge in [0.25, 0.3) is 0 Å². The fraction of sp³-hybridized carbons (Fsp3) is 0. The second-order valence-corrected chi connectivity index (χ2v) is 0.378. The van der Waals surface area contributed by atoms with Gasteiger partial charge in [0, 0.05) is 0 Å². The molecule has 0 spiro atoms. The quantitative estimate of drug-likeness (QED) is 0.446. The first-order valence-electron chi connectivity index (χ1n) is 0.617. The van der Waals surface area contributed by atoms with Crippen molar-refractivity contribution in [1.29, 1.82) is 0 Å². The van der Waals surface area contributed by atoms with Crippen molar-refractivity contribution in [2.24, 2.45) is 0 Å². The first-order valence-corrected chi connectivity index (χ1v) is 1.85. The zero-order chi connectivity index (χ0) is 5.41. The van der Waals surface area contributed by atoms with Crippen molar-refractivity contribution in [3.05, 3.63) is 0 Å². The number of hydrogen-bond donors (Lipinski definition) is 0. The zero-order valence-corrected chi connectivity index (χ0v) is 6.49. The summed E-state index contributed by atoms with van der Waals surface area (Å²) >= 11 is -0.833. The molecule has 7 heteroatoms. The molecule has 0 N–H and O–H groups in total. The molecule has 0 aromatic carbocycles. The van der Waals surface area contributed by atoms with Crippen LogP contribution in [0.15, 0.2) is 0 Å². The van der Waals surface area contributed by atoms with Gasteiger partial charge >= 0.3 is 21.1 Å². The molecule has 0 amide bonds. The van der Waals surface area contributed by atoms with Crippen LogP contribution in [-0.4, -0.2) is 0 Å². The minimum atomic E-state index is -0.417. The maximum absolute atomic E-state index is 8.24. The Kier molecular flexibility index (Phi) is 61.6. The van der Waals surface area contributed by atoms with Crippen molar-refractivity contribution in [1.82, 2.24) is 0 Å². The SMILES string of the molecule is [O-][Cl+][O-].[O-][Cl+][O-].[Pt+2]. The summed E-state index contributed by atoms with van der Waals surface area (Å²) in [7, 11) is 0. The molecule has 0 saturated carbocycles. The Morgan fingerprint density at radius 3 is 0.714 bits per heavy atom. The molecule has 0 bridgehead atoms. The molecule has 0 aliphatic heterocycles. The van der Waals surface area contributed by atoms with Crippen molar-refractivity contribution in [3.8, 4) is 0 Å². The average molecular weight is 330 g/mol. The molecule has 0 radical (unpaired) electrons. The van der Waals surface area contributed by atoms with Crippen molar-refractivity contribution in [3.63, 3.8) is 0 Å². The van der Waals surface area contributed by atoms with E-state index in [1.165, 1.54) is 0 Å². The molecule has 0 unspecified atom stereocenters. The Morgan fingerprint density at radius 1 is 0.714 bits per heavy atom. The van der Waals surface area contributed by atoms with E-state index in [0.717, 1.165) is 0 Å². The zero-order valence-electron chi connectivity index (χ0n) is 2.71. The van der Waals surface area contributed by atoms with Gasteiger partial charge in [-0.15, -0.1) is 0 Å². The van der Waals surface area contributed by atoms with Gasteiger partial charge in [-0.2, -0.15) is 0 Å². The summed E-state index contributed by atoms with van der Waals surface area (Å²) in [6.07, 6.45) is 0. The molecule has 0 heterocycles. The summed E-state index contributed by atoms with van der Waals surface area (Å²) in [4.78, 5) is 0. The summed E-state index contributed by atoms with van der Waals surface area (Å²) in [5.74, 6) is 0. The van der Waals surface area contributed by atoms with Gasteiger partial charge in [-0.1, -0.05) is 0 Å². The van der Waals surface area contributed by atoms with E-state index in [2.05, 4.69) is 0 Å². The second-order valence-electron chi connectivity index (χ2n) is 0.126. The third kappa shape index (κ3) is 151. The molecule has 0 aromatic rings. The van der Waals surface area contributed by atoms with Crippen LogP contribution in [0, 0.1) is 22.7 Å². The maximum Gasteiger partial charge on any atom is 2.00 e. The summed E-state index contributed by atoms with van der Waals surface area (Å²) in [5, 5.41) is 0. The minimum absolute atomic E-state index is 0. The molecule has 0 saturated heterocycles. The smallest absolute Gasteiger partial charge is 0.544 e. The van der Waals surface area contributed by atoms with Gasteiger partial charge in [-0.05, 0) is 0 Å². The van der Waals surface area contributed by atoms with Crippen molar-refractivity contribution in [2.45, 2.75) is 0 Å². The standard InChI is InChI=1S/2ClO2.Pt/c2*2-1-3;/q2*-1;+2. The Bertz CT molecular complexity index is 11.7. The van der Waals surface area contributed by atoms with Crippen LogP contribution in [0.1, 0.15) is 0 Å². The van der Waals surface area contributed by atoms with Gasteiger partial charge in [0.15, 0.2) is 0 Å². The van der Waals surface area contributed by atoms with Crippen LogP contribution in [0.4, 0.5) is 0 Å². The van der Waals surface area contributed by atoms with E-state index < -0.39 is 22.7 Å². The molecule has 0 atom stereocenters.